The van der Waals surface area contributed by atoms with Crippen LogP contribution in [0.2, 0.25) is 0 Å². The summed E-state index contributed by atoms with van der Waals surface area (Å²) in [5, 5.41) is 9.23. The Morgan fingerprint density at radius 1 is 1.24 bits per heavy atom. The van der Waals surface area contributed by atoms with Gasteiger partial charge in [0.05, 0.1) is 24.8 Å². The molecule has 1 heterocycles. The number of carbonyl (C=O) groups is 1. The average Bonchev–Trinajstić information content (AvgIpc) is 3.01. The van der Waals surface area contributed by atoms with E-state index in [1.54, 1.807) is 24.3 Å². The van der Waals surface area contributed by atoms with Crippen molar-refractivity contribution in [2.45, 2.75) is 17.2 Å². The maximum absolute atomic E-state index is 13.1. The summed E-state index contributed by atoms with van der Waals surface area (Å²) in [6.07, 6.45) is 0.0967. The lowest BCUT2D eigenvalue weighted by Gasteiger charge is -2.20. The van der Waals surface area contributed by atoms with E-state index < -0.39 is 16.0 Å². The van der Waals surface area contributed by atoms with E-state index in [1.165, 1.54) is 23.5 Å². The number of benzene rings is 2. The number of hydrogen-bond donors (Lipinski definition) is 0. The number of sulfonamides is 1. The summed E-state index contributed by atoms with van der Waals surface area (Å²) in [6.45, 7) is 0.135. The van der Waals surface area contributed by atoms with Crippen LogP contribution in [0.1, 0.15) is 23.5 Å². The van der Waals surface area contributed by atoms with Crippen molar-refractivity contribution in [3.8, 4) is 6.07 Å². The van der Waals surface area contributed by atoms with Crippen LogP contribution in [0.25, 0.3) is 0 Å². The number of methoxy groups -OCH3 is 1. The number of hydrogen-bond acceptors (Lipinski definition) is 5. The van der Waals surface area contributed by atoms with E-state index in [2.05, 4.69) is 0 Å². The number of anilines is 1. The molecule has 2 aromatic carbocycles. The summed E-state index contributed by atoms with van der Waals surface area (Å²) in [6, 6.07) is 15.1. The predicted octanol–water partition coefficient (Wildman–Crippen LogP) is 2.41. The second-order valence-corrected chi connectivity index (χ2v) is 7.51. The Bertz CT molecular complexity index is 963. The lowest BCUT2D eigenvalue weighted by atomic mass is 9.98. The van der Waals surface area contributed by atoms with Crippen LogP contribution in [0.4, 0.5) is 5.69 Å². The molecule has 0 aromatic heterocycles. The number of carbonyl (C=O) groups excluding carboxylic acids is 1. The Balaban J connectivity index is 2.06. The molecule has 0 aliphatic carbocycles. The lowest BCUT2D eigenvalue weighted by molar-refractivity contribution is -0.140. The monoisotopic (exact) mass is 356 g/mol. The van der Waals surface area contributed by atoms with E-state index in [1.807, 2.05) is 18.2 Å². The van der Waals surface area contributed by atoms with Gasteiger partial charge in [-0.1, -0.05) is 30.3 Å². The van der Waals surface area contributed by atoms with Gasteiger partial charge in [0.1, 0.15) is 11.0 Å². The third-order valence-corrected chi connectivity index (χ3v) is 6.09. The van der Waals surface area contributed by atoms with Gasteiger partial charge in [-0.15, -0.1) is 0 Å². The standard InChI is InChI=1S/C18H16N2O4S/c1-24-18(21)10-14-12-20(16-8-4-3-7-15(14)16)25(22,23)17-9-5-2-6-13(17)11-19/h2-9,14H,10,12H2,1H3. The number of fused-ring (bicyclic) bond motifs is 1. The first-order valence-electron chi connectivity index (χ1n) is 7.66. The molecular weight excluding hydrogens is 340 g/mol. The molecule has 25 heavy (non-hydrogen) atoms. The molecule has 0 radical (unpaired) electrons. The molecule has 6 nitrogen and oxygen atoms in total. The van der Waals surface area contributed by atoms with Crippen LogP contribution >= 0.6 is 0 Å². The van der Waals surface area contributed by atoms with Gasteiger partial charge in [0.25, 0.3) is 10.0 Å². The minimum Gasteiger partial charge on any atom is -0.469 e. The second-order valence-electron chi connectivity index (χ2n) is 5.68. The number of rotatable bonds is 4. The van der Waals surface area contributed by atoms with Crippen molar-refractivity contribution in [1.29, 1.82) is 5.26 Å². The highest BCUT2D eigenvalue weighted by molar-refractivity contribution is 7.93. The zero-order valence-electron chi connectivity index (χ0n) is 13.5. The molecule has 3 rings (SSSR count). The molecule has 0 amide bonds. The van der Waals surface area contributed by atoms with Gasteiger partial charge in [-0.25, -0.2) is 8.42 Å². The number of esters is 1. The van der Waals surface area contributed by atoms with Gasteiger partial charge in [0.15, 0.2) is 0 Å². The van der Waals surface area contributed by atoms with Crippen LogP contribution in [0.5, 0.6) is 0 Å². The number of para-hydroxylation sites is 1. The van der Waals surface area contributed by atoms with Crippen molar-refractivity contribution >= 4 is 21.7 Å². The normalized spacial score (nSPS) is 16.2. The third kappa shape index (κ3) is 2.96. The number of ether oxygens (including phenoxy) is 1. The summed E-state index contributed by atoms with van der Waals surface area (Å²) >= 11 is 0. The minimum atomic E-state index is -3.91. The Kier molecular flexibility index (Phi) is 4.47. The van der Waals surface area contributed by atoms with Gasteiger partial charge < -0.3 is 4.74 Å². The Morgan fingerprint density at radius 3 is 2.64 bits per heavy atom. The van der Waals surface area contributed by atoms with Crippen molar-refractivity contribution in [2.75, 3.05) is 18.0 Å². The fraction of sp³-hybridized carbons (Fsp3) is 0.222. The number of nitriles is 1. The van der Waals surface area contributed by atoms with Crippen LogP contribution in [0.3, 0.4) is 0 Å². The molecule has 0 saturated carbocycles. The van der Waals surface area contributed by atoms with E-state index >= 15 is 0 Å². The highest BCUT2D eigenvalue weighted by Gasteiger charge is 2.38. The molecule has 128 valence electrons. The molecular formula is C18H16N2O4S. The highest BCUT2D eigenvalue weighted by atomic mass is 32.2. The van der Waals surface area contributed by atoms with Crippen LogP contribution in [0.15, 0.2) is 53.4 Å². The molecule has 0 spiro atoms. The molecule has 1 unspecified atom stereocenters. The molecule has 0 bridgehead atoms. The van der Waals surface area contributed by atoms with Gasteiger partial charge in [0, 0.05) is 12.5 Å². The van der Waals surface area contributed by atoms with Gasteiger partial charge in [-0.2, -0.15) is 5.26 Å². The zero-order valence-corrected chi connectivity index (χ0v) is 14.4. The first-order valence-corrected chi connectivity index (χ1v) is 9.10. The molecule has 0 saturated heterocycles. The highest BCUT2D eigenvalue weighted by Crippen LogP contribution is 2.41. The molecule has 1 aliphatic heterocycles. The Labute approximate surface area is 146 Å². The first-order chi connectivity index (χ1) is 12.0. The topological polar surface area (TPSA) is 87.5 Å². The molecule has 0 fully saturated rings. The van der Waals surface area contributed by atoms with E-state index in [0.717, 1.165) is 5.56 Å². The predicted molar refractivity (Wildman–Crippen MR) is 91.5 cm³/mol. The van der Waals surface area contributed by atoms with Crippen molar-refractivity contribution in [3.63, 3.8) is 0 Å². The number of nitrogens with zero attached hydrogens (tertiary/aromatic N) is 2. The van der Waals surface area contributed by atoms with E-state index in [9.17, 15) is 18.5 Å². The van der Waals surface area contributed by atoms with Crippen molar-refractivity contribution in [2.24, 2.45) is 0 Å². The van der Waals surface area contributed by atoms with E-state index in [-0.39, 0.29) is 29.3 Å². The Hall–Kier alpha value is -2.85. The second kappa shape index (κ2) is 6.57. The maximum atomic E-state index is 13.1. The molecule has 2 aromatic rings. The van der Waals surface area contributed by atoms with Crippen molar-refractivity contribution < 1.29 is 17.9 Å². The SMILES string of the molecule is COC(=O)CC1CN(S(=O)(=O)c2ccccc2C#N)c2ccccc21. The molecule has 0 N–H and O–H groups in total. The summed E-state index contributed by atoms with van der Waals surface area (Å²) in [4.78, 5) is 11.6. The van der Waals surface area contributed by atoms with Crippen LogP contribution in [-0.2, 0) is 19.6 Å². The molecule has 7 heteroatoms. The quantitative estimate of drug-likeness (QED) is 0.785. The molecule has 1 atom stereocenters. The largest absolute Gasteiger partial charge is 0.469 e. The van der Waals surface area contributed by atoms with Crippen molar-refractivity contribution in [3.05, 3.63) is 59.7 Å². The minimum absolute atomic E-state index is 0.0361. The van der Waals surface area contributed by atoms with Gasteiger partial charge in [-0.3, -0.25) is 9.10 Å². The van der Waals surface area contributed by atoms with Gasteiger partial charge >= 0.3 is 5.97 Å². The summed E-state index contributed by atoms with van der Waals surface area (Å²) < 4.78 is 32.3. The Morgan fingerprint density at radius 2 is 1.92 bits per heavy atom. The first kappa shape index (κ1) is 17.0. The van der Waals surface area contributed by atoms with Crippen molar-refractivity contribution in [1.82, 2.24) is 0 Å². The third-order valence-electron chi connectivity index (χ3n) is 4.25. The van der Waals surface area contributed by atoms with Crippen LogP contribution < -0.4 is 4.31 Å². The summed E-state index contributed by atoms with van der Waals surface area (Å²) in [5.41, 5.74) is 1.41. The van der Waals surface area contributed by atoms with E-state index in [0.29, 0.717) is 5.69 Å². The maximum Gasteiger partial charge on any atom is 0.306 e. The molecule has 1 aliphatic rings. The van der Waals surface area contributed by atoms with Gasteiger partial charge in [0.2, 0.25) is 0 Å². The van der Waals surface area contributed by atoms with Crippen LogP contribution in [0, 0.1) is 11.3 Å². The summed E-state index contributed by atoms with van der Waals surface area (Å²) in [7, 11) is -2.61. The van der Waals surface area contributed by atoms with E-state index in [4.69, 9.17) is 4.74 Å². The fourth-order valence-corrected chi connectivity index (χ4v) is 4.73. The average molecular weight is 356 g/mol. The summed E-state index contributed by atoms with van der Waals surface area (Å²) in [5.74, 6) is -0.677. The smallest absolute Gasteiger partial charge is 0.306 e. The van der Waals surface area contributed by atoms with Crippen LogP contribution in [-0.4, -0.2) is 28.0 Å². The zero-order chi connectivity index (χ0) is 18.0. The van der Waals surface area contributed by atoms with Gasteiger partial charge in [-0.05, 0) is 23.8 Å². The lowest BCUT2D eigenvalue weighted by Crippen LogP contribution is -2.31. The fourth-order valence-electron chi connectivity index (χ4n) is 3.05.